The number of hydrogen-bond acceptors (Lipinski definition) is 4. The third-order valence-electron chi connectivity index (χ3n) is 5.81. The van der Waals surface area contributed by atoms with Gasteiger partial charge in [-0.1, -0.05) is 30.3 Å². The zero-order valence-electron chi connectivity index (χ0n) is 16.8. The van der Waals surface area contributed by atoms with Gasteiger partial charge in [0.1, 0.15) is 5.75 Å². The number of rotatable bonds is 3. The number of carbonyl (C=O) groups excluding carboxylic acids is 1. The highest BCUT2D eigenvalue weighted by Crippen LogP contribution is 2.37. The monoisotopic (exact) mass is 422 g/mol. The highest BCUT2D eigenvalue weighted by Gasteiger charge is 2.35. The lowest BCUT2D eigenvalue weighted by molar-refractivity contribution is -0.122. The number of carbonyl (C=O) groups is 1. The molecule has 1 atom stereocenters. The Hall–Kier alpha value is -3.06. The fourth-order valence-electron chi connectivity index (χ4n) is 4.38. The van der Waals surface area contributed by atoms with E-state index in [-0.39, 0.29) is 12.5 Å². The first kappa shape index (κ1) is 18.9. The van der Waals surface area contributed by atoms with Gasteiger partial charge in [0.15, 0.2) is 6.10 Å². The van der Waals surface area contributed by atoms with Gasteiger partial charge in [-0.3, -0.25) is 9.10 Å². The second-order valence-electron chi connectivity index (χ2n) is 7.97. The predicted octanol–water partition coefficient (Wildman–Crippen LogP) is 3.41. The summed E-state index contributed by atoms with van der Waals surface area (Å²) < 4.78 is 31.9. The molecule has 0 bridgehead atoms. The van der Waals surface area contributed by atoms with E-state index in [1.54, 1.807) is 12.1 Å². The van der Waals surface area contributed by atoms with Gasteiger partial charge in [-0.2, -0.15) is 0 Å². The van der Waals surface area contributed by atoms with Gasteiger partial charge in [-0.05, 0) is 60.0 Å². The quantitative estimate of drug-likeness (QED) is 0.702. The molecule has 0 unspecified atom stereocenters. The normalized spacial score (nSPS) is 17.5. The smallest absolute Gasteiger partial charge is 0.267 e. The molecule has 3 aromatic rings. The van der Waals surface area contributed by atoms with Crippen molar-refractivity contribution in [2.45, 2.75) is 25.9 Å². The summed E-state index contributed by atoms with van der Waals surface area (Å²) in [5, 5.41) is 5.17. The molecule has 2 aliphatic rings. The van der Waals surface area contributed by atoms with E-state index in [4.69, 9.17) is 4.74 Å². The van der Waals surface area contributed by atoms with Crippen molar-refractivity contribution in [2.75, 3.05) is 22.4 Å². The molecule has 0 fully saturated rings. The maximum atomic E-state index is 13.1. The molecule has 1 amide bonds. The van der Waals surface area contributed by atoms with E-state index in [9.17, 15) is 13.2 Å². The van der Waals surface area contributed by atoms with Gasteiger partial charge in [-0.25, -0.2) is 8.42 Å². The van der Waals surface area contributed by atoms with E-state index in [1.165, 1.54) is 20.8 Å². The second kappa shape index (κ2) is 6.74. The first-order valence-electron chi connectivity index (χ1n) is 9.90. The number of hydrogen-bond donors (Lipinski definition) is 1. The van der Waals surface area contributed by atoms with Gasteiger partial charge in [-0.15, -0.1) is 0 Å². The van der Waals surface area contributed by atoms with Crippen LogP contribution in [0.25, 0.3) is 10.8 Å². The average molecular weight is 423 g/mol. The maximum Gasteiger partial charge on any atom is 0.267 e. The van der Waals surface area contributed by atoms with E-state index in [2.05, 4.69) is 17.4 Å². The van der Waals surface area contributed by atoms with E-state index < -0.39 is 16.1 Å². The third kappa shape index (κ3) is 3.10. The largest absolute Gasteiger partial charge is 0.476 e. The van der Waals surface area contributed by atoms with Crippen molar-refractivity contribution in [3.63, 3.8) is 0 Å². The molecule has 5 rings (SSSR count). The Labute approximate surface area is 175 Å². The number of ether oxygens (including phenoxy) is 1. The van der Waals surface area contributed by atoms with Crippen LogP contribution in [0.15, 0.2) is 48.5 Å². The molecule has 0 radical (unpaired) electrons. The summed E-state index contributed by atoms with van der Waals surface area (Å²) in [6.45, 7) is 1.82. The average Bonchev–Trinajstić information content (AvgIpc) is 3.13. The van der Waals surface area contributed by atoms with E-state index >= 15 is 0 Å². The minimum atomic E-state index is -3.56. The Bertz CT molecular complexity index is 1290. The van der Waals surface area contributed by atoms with Gasteiger partial charge in [0.25, 0.3) is 5.91 Å². The Morgan fingerprint density at radius 3 is 2.63 bits per heavy atom. The molecule has 1 aliphatic carbocycles. The molecule has 0 spiro atoms. The van der Waals surface area contributed by atoms with Gasteiger partial charge >= 0.3 is 0 Å². The molecule has 30 heavy (non-hydrogen) atoms. The van der Waals surface area contributed by atoms with Crippen LogP contribution in [0.3, 0.4) is 0 Å². The number of nitrogens with one attached hydrogen (secondary N) is 1. The van der Waals surface area contributed by atoms with Crippen molar-refractivity contribution in [1.82, 2.24) is 0 Å². The molecule has 1 aliphatic heterocycles. The standard InChI is InChI=1S/C23H22N2O4S/c1-14-6-11-20-19(12-14)25(30(2,27)28)13-21(29-20)23(26)24-18-10-9-16-8-7-15-4-3-5-17(18)22(15)16/h3-6,9-12,21H,7-8,13H2,1-2H3,(H,24,26)/t21-/m0/s1. The van der Waals surface area contributed by atoms with Crippen LogP contribution >= 0.6 is 0 Å². The predicted molar refractivity (Wildman–Crippen MR) is 118 cm³/mol. The number of fused-ring (bicyclic) bond motifs is 1. The molecular weight excluding hydrogens is 400 g/mol. The number of aryl methyl sites for hydroxylation is 3. The summed E-state index contributed by atoms with van der Waals surface area (Å²) in [7, 11) is -3.56. The molecule has 154 valence electrons. The molecule has 0 aromatic heterocycles. The second-order valence-corrected chi connectivity index (χ2v) is 9.88. The summed E-state index contributed by atoms with van der Waals surface area (Å²) in [6.07, 6.45) is 2.21. The summed E-state index contributed by atoms with van der Waals surface area (Å²) >= 11 is 0. The minimum absolute atomic E-state index is 0.0671. The highest BCUT2D eigenvalue weighted by atomic mass is 32.2. The highest BCUT2D eigenvalue weighted by molar-refractivity contribution is 7.92. The molecule has 0 saturated heterocycles. The Morgan fingerprint density at radius 2 is 1.87 bits per heavy atom. The topological polar surface area (TPSA) is 75.7 Å². The van der Waals surface area contributed by atoms with Gasteiger partial charge in [0.05, 0.1) is 18.5 Å². The molecule has 1 heterocycles. The number of nitrogens with zero attached hydrogens (tertiary/aromatic N) is 1. The number of sulfonamides is 1. The van der Waals surface area contributed by atoms with Crippen LogP contribution in [0.1, 0.15) is 16.7 Å². The van der Waals surface area contributed by atoms with Crippen molar-refractivity contribution in [3.8, 4) is 5.75 Å². The molecule has 6 nitrogen and oxygen atoms in total. The van der Waals surface area contributed by atoms with Crippen LogP contribution in [-0.4, -0.2) is 33.2 Å². The van der Waals surface area contributed by atoms with Crippen molar-refractivity contribution in [3.05, 3.63) is 65.2 Å². The summed E-state index contributed by atoms with van der Waals surface area (Å²) in [6, 6.07) is 15.4. The van der Waals surface area contributed by atoms with Crippen LogP contribution in [0, 0.1) is 6.92 Å². The Balaban J connectivity index is 1.48. The van der Waals surface area contributed by atoms with Crippen molar-refractivity contribution in [2.24, 2.45) is 0 Å². The minimum Gasteiger partial charge on any atom is -0.476 e. The van der Waals surface area contributed by atoms with E-state index in [1.807, 2.05) is 31.2 Å². The van der Waals surface area contributed by atoms with E-state index in [0.717, 1.165) is 30.0 Å². The van der Waals surface area contributed by atoms with Crippen LogP contribution in [0.4, 0.5) is 11.4 Å². The SMILES string of the molecule is Cc1ccc2c(c1)N(S(C)(=O)=O)C[C@@H](C(=O)Nc1ccc3c4c(cccc14)CC3)O2. The first-order chi connectivity index (χ1) is 14.3. The van der Waals surface area contributed by atoms with Gasteiger partial charge in [0, 0.05) is 11.1 Å². The van der Waals surface area contributed by atoms with Crippen LogP contribution in [-0.2, 0) is 27.7 Å². The molecule has 1 N–H and O–H groups in total. The summed E-state index contributed by atoms with van der Waals surface area (Å²) in [5.41, 5.74) is 4.68. The lowest BCUT2D eigenvalue weighted by Gasteiger charge is -2.34. The fourth-order valence-corrected chi connectivity index (χ4v) is 5.29. The number of anilines is 2. The number of amides is 1. The molecule has 3 aromatic carbocycles. The van der Waals surface area contributed by atoms with E-state index in [0.29, 0.717) is 17.1 Å². The maximum absolute atomic E-state index is 13.1. The lowest BCUT2D eigenvalue weighted by atomic mass is 10.0. The Morgan fingerprint density at radius 1 is 1.10 bits per heavy atom. The first-order valence-corrected chi connectivity index (χ1v) is 11.8. The summed E-state index contributed by atoms with van der Waals surface area (Å²) in [5.74, 6) is 0.0198. The van der Waals surface area contributed by atoms with Crippen LogP contribution in [0.2, 0.25) is 0 Å². The zero-order chi connectivity index (χ0) is 21.0. The third-order valence-corrected chi connectivity index (χ3v) is 6.96. The zero-order valence-corrected chi connectivity index (χ0v) is 17.6. The molecule has 7 heteroatoms. The van der Waals surface area contributed by atoms with Crippen LogP contribution in [0.5, 0.6) is 5.75 Å². The number of benzene rings is 3. The van der Waals surface area contributed by atoms with Crippen molar-refractivity contribution in [1.29, 1.82) is 0 Å². The molecular formula is C23H22N2O4S. The van der Waals surface area contributed by atoms with Crippen molar-refractivity contribution < 1.29 is 17.9 Å². The van der Waals surface area contributed by atoms with Gasteiger partial charge in [0.2, 0.25) is 10.0 Å². The summed E-state index contributed by atoms with van der Waals surface area (Å²) in [4.78, 5) is 13.1. The van der Waals surface area contributed by atoms with Crippen molar-refractivity contribution >= 4 is 38.1 Å². The van der Waals surface area contributed by atoms with Crippen LogP contribution < -0.4 is 14.4 Å². The Kier molecular flexibility index (Phi) is 4.25. The fraction of sp³-hybridized carbons (Fsp3) is 0.261. The van der Waals surface area contributed by atoms with Gasteiger partial charge < -0.3 is 10.1 Å². The molecule has 0 saturated carbocycles. The lowest BCUT2D eigenvalue weighted by Crippen LogP contribution is -2.48.